The summed E-state index contributed by atoms with van der Waals surface area (Å²) in [5.41, 5.74) is 4.56. The fourth-order valence-corrected chi connectivity index (χ4v) is 2.40. The van der Waals surface area contributed by atoms with Crippen LogP contribution in [0, 0.1) is 11.6 Å². The number of halogens is 3. The monoisotopic (exact) mass is 376 g/mol. The van der Waals surface area contributed by atoms with Gasteiger partial charge in [-0.3, -0.25) is 20.4 Å². The molecule has 3 rings (SSSR count). The first-order valence-corrected chi connectivity index (χ1v) is 7.74. The molecule has 2 N–H and O–H groups in total. The average molecular weight is 377 g/mol. The van der Waals surface area contributed by atoms with Crippen LogP contribution in [0.3, 0.4) is 0 Å². The van der Waals surface area contributed by atoms with Crippen molar-refractivity contribution in [1.82, 2.24) is 10.9 Å². The van der Waals surface area contributed by atoms with E-state index in [-0.39, 0.29) is 27.7 Å². The summed E-state index contributed by atoms with van der Waals surface area (Å²) in [6.07, 6.45) is 0. The molecule has 0 saturated heterocycles. The Balaban J connectivity index is 1.69. The number of hydrazine groups is 1. The Kier molecular flexibility index (Phi) is 4.99. The summed E-state index contributed by atoms with van der Waals surface area (Å²) in [6, 6.07) is 12.0. The van der Waals surface area contributed by atoms with Crippen LogP contribution in [-0.2, 0) is 0 Å². The van der Waals surface area contributed by atoms with Gasteiger partial charge in [-0.2, -0.15) is 0 Å². The van der Waals surface area contributed by atoms with Crippen molar-refractivity contribution in [3.8, 4) is 11.3 Å². The molecule has 0 spiro atoms. The maximum atomic E-state index is 13.8. The molecule has 0 aliphatic rings. The van der Waals surface area contributed by atoms with Crippen LogP contribution in [0.15, 0.2) is 59.0 Å². The highest BCUT2D eigenvalue weighted by Gasteiger charge is 2.16. The van der Waals surface area contributed by atoms with E-state index in [1.165, 1.54) is 30.3 Å². The molecule has 3 aromatic rings. The molecule has 2 aromatic carbocycles. The van der Waals surface area contributed by atoms with E-state index in [1.54, 1.807) is 12.1 Å². The van der Waals surface area contributed by atoms with Crippen molar-refractivity contribution in [1.29, 1.82) is 0 Å². The zero-order chi connectivity index (χ0) is 18.7. The van der Waals surface area contributed by atoms with E-state index >= 15 is 0 Å². The predicted octanol–water partition coefficient (Wildman–Crippen LogP) is 3.95. The van der Waals surface area contributed by atoms with Crippen molar-refractivity contribution in [3.05, 3.63) is 82.6 Å². The highest BCUT2D eigenvalue weighted by Crippen LogP contribution is 2.25. The van der Waals surface area contributed by atoms with Crippen molar-refractivity contribution in [2.24, 2.45) is 0 Å². The summed E-state index contributed by atoms with van der Waals surface area (Å²) in [5, 5.41) is 0.228. The standard InChI is InChI=1S/C18H11ClF2N2O3/c19-13-4-2-1-3-11(13)17(24)22-23-18(25)16-8-7-15(26-16)12-6-5-10(20)9-14(12)21/h1-9H,(H,22,24)(H,23,25). The average Bonchev–Trinajstić information content (AvgIpc) is 3.09. The van der Waals surface area contributed by atoms with Gasteiger partial charge >= 0.3 is 5.91 Å². The fraction of sp³-hybridized carbons (Fsp3) is 0. The number of benzene rings is 2. The number of hydrogen-bond donors (Lipinski definition) is 2. The van der Waals surface area contributed by atoms with Gasteiger partial charge in [0.05, 0.1) is 16.1 Å². The lowest BCUT2D eigenvalue weighted by atomic mass is 10.1. The second kappa shape index (κ2) is 7.37. The Labute approximate surface area is 151 Å². The Morgan fingerprint density at radius 3 is 2.38 bits per heavy atom. The molecule has 0 aliphatic carbocycles. The smallest absolute Gasteiger partial charge is 0.305 e. The SMILES string of the molecule is O=C(NNC(=O)c1ccccc1Cl)c1ccc(-c2ccc(F)cc2F)o1. The largest absolute Gasteiger partial charge is 0.451 e. The normalized spacial score (nSPS) is 10.4. The number of amides is 2. The first-order chi connectivity index (χ1) is 12.5. The first kappa shape index (κ1) is 17.6. The summed E-state index contributed by atoms with van der Waals surface area (Å²) in [6.45, 7) is 0. The third-order valence-corrected chi connectivity index (χ3v) is 3.76. The lowest BCUT2D eigenvalue weighted by Gasteiger charge is -2.07. The summed E-state index contributed by atoms with van der Waals surface area (Å²) in [4.78, 5) is 24.0. The van der Waals surface area contributed by atoms with E-state index in [0.717, 1.165) is 6.07 Å². The molecule has 1 aromatic heterocycles. The Bertz CT molecular complexity index is 988. The highest BCUT2D eigenvalue weighted by atomic mass is 35.5. The van der Waals surface area contributed by atoms with Crippen LogP contribution in [0.4, 0.5) is 8.78 Å². The molecule has 0 bridgehead atoms. The van der Waals surface area contributed by atoms with Gasteiger partial charge in [0.25, 0.3) is 5.91 Å². The topological polar surface area (TPSA) is 71.3 Å². The summed E-state index contributed by atoms with van der Waals surface area (Å²) < 4.78 is 32.0. The van der Waals surface area contributed by atoms with E-state index in [9.17, 15) is 18.4 Å². The third kappa shape index (κ3) is 3.73. The minimum Gasteiger partial charge on any atom is -0.451 e. The lowest BCUT2D eigenvalue weighted by molar-refractivity contribution is 0.0831. The number of carbonyl (C=O) groups is 2. The van der Waals surface area contributed by atoms with E-state index < -0.39 is 23.4 Å². The molecule has 0 radical (unpaired) electrons. The van der Waals surface area contributed by atoms with Crippen LogP contribution in [0.5, 0.6) is 0 Å². The van der Waals surface area contributed by atoms with Gasteiger partial charge in [-0.25, -0.2) is 8.78 Å². The van der Waals surface area contributed by atoms with Crippen LogP contribution in [0.2, 0.25) is 5.02 Å². The van der Waals surface area contributed by atoms with Gasteiger partial charge in [0.2, 0.25) is 0 Å². The second-order valence-electron chi connectivity index (χ2n) is 5.18. The summed E-state index contributed by atoms with van der Waals surface area (Å²) >= 11 is 5.89. The predicted molar refractivity (Wildman–Crippen MR) is 90.4 cm³/mol. The number of furan rings is 1. The van der Waals surface area contributed by atoms with Crippen LogP contribution in [0.25, 0.3) is 11.3 Å². The minimum atomic E-state index is -0.821. The molecule has 0 saturated carbocycles. The van der Waals surface area contributed by atoms with Crippen LogP contribution in [0.1, 0.15) is 20.9 Å². The van der Waals surface area contributed by atoms with Gasteiger partial charge in [0.1, 0.15) is 17.4 Å². The van der Waals surface area contributed by atoms with Gasteiger partial charge < -0.3 is 4.42 Å². The molecule has 8 heteroatoms. The van der Waals surface area contributed by atoms with Gasteiger partial charge in [0.15, 0.2) is 5.76 Å². The Morgan fingerprint density at radius 1 is 0.923 bits per heavy atom. The van der Waals surface area contributed by atoms with Gasteiger partial charge in [-0.05, 0) is 36.4 Å². The van der Waals surface area contributed by atoms with Gasteiger partial charge in [-0.15, -0.1) is 0 Å². The highest BCUT2D eigenvalue weighted by molar-refractivity contribution is 6.33. The van der Waals surface area contributed by atoms with Crippen molar-refractivity contribution in [2.45, 2.75) is 0 Å². The number of nitrogens with one attached hydrogen (secondary N) is 2. The van der Waals surface area contributed by atoms with Crippen LogP contribution >= 0.6 is 11.6 Å². The first-order valence-electron chi connectivity index (χ1n) is 7.36. The van der Waals surface area contributed by atoms with E-state index in [4.69, 9.17) is 16.0 Å². The quantitative estimate of drug-likeness (QED) is 0.680. The molecule has 0 atom stereocenters. The zero-order valence-corrected chi connectivity index (χ0v) is 13.8. The molecule has 0 unspecified atom stereocenters. The van der Waals surface area contributed by atoms with Crippen molar-refractivity contribution >= 4 is 23.4 Å². The molecule has 26 heavy (non-hydrogen) atoms. The third-order valence-electron chi connectivity index (χ3n) is 3.43. The maximum absolute atomic E-state index is 13.8. The van der Waals surface area contributed by atoms with E-state index in [1.807, 2.05) is 0 Å². The van der Waals surface area contributed by atoms with Crippen LogP contribution in [-0.4, -0.2) is 11.8 Å². The minimum absolute atomic E-state index is 0.00514. The summed E-state index contributed by atoms with van der Waals surface area (Å²) in [5.74, 6) is -3.02. The van der Waals surface area contributed by atoms with Crippen molar-refractivity contribution in [3.63, 3.8) is 0 Å². The van der Waals surface area contributed by atoms with Crippen molar-refractivity contribution < 1.29 is 22.8 Å². The molecule has 132 valence electrons. The lowest BCUT2D eigenvalue weighted by Crippen LogP contribution is -2.41. The molecule has 2 amide bonds. The summed E-state index contributed by atoms with van der Waals surface area (Å²) in [7, 11) is 0. The molecular weight excluding hydrogens is 366 g/mol. The molecule has 0 aliphatic heterocycles. The molecule has 1 heterocycles. The molecular formula is C18H11ClF2N2O3. The number of carbonyl (C=O) groups excluding carboxylic acids is 2. The molecule has 5 nitrogen and oxygen atoms in total. The van der Waals surface area contributed by atoms with Gasteiger partial charge in [-0.1, -0.05) is 23.7 Å². The second-order valence-corrected chi connectivity index (χ2v) is 5.58. The number of rotatable bonds is 3. The number of hydrogen-bond acceptors (Lipinski definition) is 3. The Hall–Kier alpha value is -3.19. The van der Waals surface area contributed by atoms with Crippen molar-refractivity contribution in [2.75, 3.05) is 0 Å². The fourth-order valence-electron chi connectivity index (χ4n) is 2.18. The Morgan fingerprint density at radius 2 is 1.65 bits per heavy atom. The maximum Gasteiger partial charge on any atom is 0.305 e. The van der Waals surface area contributed by atoms with Gasteiger partial charge in [0, 0.05) is 6.07 Å². The molecule has 0 fully saturated rings. The zero-order valence-electron chi connectivity index (χ0n) is 13.1. The van der Waals surface area contributed by atoms with E-state index in [0.29, 0.717) is 6.07 Å². The van der Waals surface area contributed by atoms with E-state index in [2.05, 4.69) is 10.9 Å². The van der Waals surface area contributed by atoms with Crippen LogP contribution < -0.4 is 10.9 Å².